The van der Waals surface area contributed by atoms with Crippen molar-refractivity contribution in [2.75, 3.05) is 6.54 Å². The van der Waals surface area contributed by atoms with Gasteiger partial charge in [-0.3, -0.25) is 9.59 Å². The first-order valence-electron chi connectivity index (χ1n) is 5.98. The van der Waals surface area contributed by atoms with Gasteiger partial charge in [-0.1, -0.05) is 6.92 Å². The van der Waals surface area contributed by atoms with Gasteiger partial charge in [-0.15, -0.1) is 0 Å². The van der Waals surface area contributed by atoms with Crippen LogP contribution in [-0.2, 0) is 14.4 Å². The summed E-state index contributed by atoms with van der Waals surface area (Å²) in [5, 5.41) is 14.4. The molecule has 102 valence electrons. The van der Waals surface area contributed by atoms with Gasteiger partial charge in [0.1, 0.15) is 6.04 Å². The second kappa shape index (κ2) is 5.81. The topological polar surface area (TPSA) is 122 Å². The average molecular weight is 257 g/mol. The summed E-state index contributed by atoms with van der Waals surface area (Å²) >= 11 is 0. The van der Waals surface area contributed by atoms with Gasteiger partial charge < -0.3 is 21.5 Å². The highest BCUT2D eigenvalue weighted by molar-refractivity contribution is 5.92. The van der Waals surface area contributed by atoms with Gasteiger partial charge >= 0.3 is 5.97 Å². The minimum atomic E-state index is -1.26. The fraction of sp³-hybridized carbons (Fsp3) is 0.727. The zero-order valence-electron chi connectivity index (χ0n) is 10.4. The van der Waals surface area contributed by atoms with Crippen LogP contribution in [0.1, 0.15) is 32.6 Å². The third-order valence-corrected chi connectivity index (χ3v) is 3.29. The molecule has 18 heavy (non-hydrogen) atoms. The van der Waals surface area contributed by atoms with Gasteiger partial charge in [-0.2, -0.15) is 0 Å². The first-order chi connectivity index (χ1) is 8.41. The molecule has 2 unspecified atom stereocenters. The van der Waals surface area contributed by atoms with E-state index >= 15 is 0 Å². The molecule has 0 aromatic heterocycles. The summed E-state index contributed by atoms with van der Waals surface area (Å²) in [6.07, 6.45) is 1.70. The van der Waals surface area contributed by atoms with Crippen molar-refractivity contribution in [1.82, 2.24) is 10.6 Å². The van der Waals surface area contributed by atoms with Crippen molar-refractivity contribution in [3.8, 4) is 0 Å². The number of carboxylic acids is 1. The van der Waals surface area contributed by atoms with Crippen molar-refractivity contribution in [2.24, 2.45) is 5.73 Å². The molecule has 2 atom stereocenters. The Morgan fingerprint density at radius 3 is 2.56 bits per heavy atom. The van der Waals surface area contributed by atoms with Crippen LogP contribution in [0.15, 0.2) is 0 Å². The van der Waals surface area contributed by atoms with Crippen LogP contribution in [0, 0.1) is 0 Å². The summed E-state index contributed by atoms with van der Waals surface area (Å²) in [4.78, 5) is 33.8. The summed E-state index contributed by atoms with van der Waals surface area (Å²) < 4.78 is 0. The van der Waals surface area contributed by atoms with Crippen LogP contribution >= 0.6 is 0 Å². The molecule has 7 nitrogen and oxygen atoms in total. The van der Waals surface area contributed by atoms with Crippen molar-refractivity contribution in [3.05, 3.63) is 0 Å². The van der Waals surface area contributed by atoms with Crippen LogP contribution in [0.25, 0.3) is 0 Å². The first-order valence-corrected chi connectivity index (χ1v) is 5.98. The first kappa shape index (κ1) is 14.4. The lowest BCUT2D eigenvalue weighted by Crippen LogP contribution is -2.57. The lowest BCUT2D eigenvalue weighted by molar-refractivity contribution is -0.144. The smallest absolute Gasteiger partial charge is 0.326 e. The van der Waals surface area contributed by atoms with Gasteiger partial charge in [-0.05, 0) is 25.8 Å². The molecule has 0 aromatic rings. The molecule has 2 amide bonds. The number of hydrogen-bond acceptors (Lipinski definition) is 4. The summed E-state index contributed by atoms with van der Waals surface area (Å²) in [5.41, 5.74) is 4.24. The number of nitrogens with one attached hydrogen (secondary N) is 2. The maximum atomic E-state index is 12.1. The van der Waals surface area contributed by atoms with E-state index in [4.69, 9.17) is 10.8 Å². The number of carbonyl (C=O) groups is 3. The van der Waals surface area contributed by atoms with Crippen molar-refractivity contribution in [1.29, 1.82) is 0 Å². The molecule has 5 N–H and O–H groups in total. The van der Waals surface area contributed by atoms with E-state index in [1.165, 1.54) is 0 Å². The normalized spacial score (nSPS) is 24.5. The summed E-state index contributed by atoms with van der Waals surface area (Å²) in [7, 11) is 0. The Kier molecular flexibility index (Phi) is 4.66. The largest absolute Gasteiger partial charge is 0.480 e. The second-order valence-electron chi connectivity index (χ2n) is 4.50. The quantitative estimate of drug-likeness (QED) is 0.484. The highest BCUT2D eigenvalue weighted by Crippen LogP contribution is 2.23. The minimum absolute atomic E-state index is 0.379. The predicted molar refractivity (Wildman–Crippen MR) is 63.6 cm³/mol. The maximum absolute atomic E-state index is 12.1. The molecule has 0 aliphatic carbocycles. The van der Waals surface area contributed by atoms with Crippen LogP contribution in [-0.4, -0.2) is 41.0 Å². The molecule has 1 fully saturated rings. The number of primary amides is 1. The van der Waals surface area contributed by atoms with E-state index < -0.39 is 29.9 Å². The van der Waals surface area contributed by atoms with Crippen LogP contribution in [0.4, 0.5) is 0 Å². The van der Waals surface area contributed by atoms with E-state index in [2.05, 4.69) is 10.6 Å². The van der Waals surface area contributed by atoms with Crippen LogP contribution in [0.2, 0.25) is 0 Å². The fourth-order valence-electron chi connectivity index (χ4n) is 2.16. The molecule has 1 rings (SSSR count). The Morgan fingerprint density at radius 1 is 1.50 bits per heavy atom. The van der Waals surface area contributed by atoms with Gasteiger partial charge in [0.15, 0.2) is 0 Å². The van der Waals surface area contributed by atoms with Gasteiger partial charge in [0.05, 0.1) is 12.0 Å². The highest BCUT2D eigenvalue weighted by Gasteiger charge is 2.40. The van der Waals surface area contributed by atoms with Crippen molar-refractivity contribution < 1.29 is 19.5 Å². The van der Waals surface area contributed by atoms with Gasteiger partial charge in [0.25, 0.3) is 0 Å². The molecule has 1 aliphatic rings. The number of aliphatic carboxylic acids is 1. The van der Waals surface area contributed by atoms with Crippen LogP contribution in [0.5, 0.6) is 0 Å². The Hall–Kier alpha value is -1.63. The zero-order chi connectivity index (χ0) is 13.8. The van der Waals surface area contributed by atoms with Gasteiger partial charge in [0, 0.05) is 0 Å². The zero-order valence-corrected chi connectivity index (χ0v) is 10.4. The number of amides is 2. The van der Waals surface area contributed by atoms with E-state index in [-0.39, 0.29) is 5.91 Å². The summed E-state index contributed by atoms with van der Waals surface area (Å²) in [6, 6.07) is -1.26. The number of rotatable bonds is 6. The van der Waals surface area contributed by atoms with Crippen molar-refractivity contribution >= 4 is 17.8 Å². The molecule has 1 saturated heterocycles. The molecule has 0 radical (unpaired) electrons. The Labute approximate surface area is 105 Å². The number of hydrogen-bond donors (Lipinski definition) is 4. The molecular weight excluding hydrogens is 238 g/mol. The standard InChI is InChI=1S/C11H19N3O4/c1-2-11(4-3-5-13-11)10(18)14-7(9(16)17)6-8(12)15/h7,13H,2-6H2,1H3,(H2,12,15)(H,14,18)(H,16,17). The van der Waals surface area contributed by atoms with Crippen LogP contribution < -0.4 is 16.4 Å². The van der Waals surface area contributed by atoms with E-state index in [1.807, 2.05) is 6.92 Å². The van der Waals surface area contributed by atoms with Crippen LogP contribution in [0.3, 0.4) is 0 Å². The maximum Gasteiger partial charge on any atom is 0.326 e. The molecule has 1 aliphatic heterocycles. The highest BCUT2D eigenvalue weighted by atomic mass is 16.4. The minimum Gasteiger partial charge on any atom is -0.480 e. The molecule has 0 aromatic carbocycles. The molecule has 0 bridgehead atoms. The second-order valence-corrected chi connectivity index (χ2v) is 4.50. The Balaban J connectivity index is 2.71. The number of nitrogens with two attached hydrogens (primary N) is 1. The number of carbonyl (C=O) groups excluding carboxylic acids is 2. The van der Waals surface area contributed by atoms with Gasteiger partial charge in [0.2, 0.25) is 11.8 Å². The lowest BCUT2D eigenvalue weighted by Gasteiger charge is -2.28. The molecule has 7 heteroatoms. The van der Waals surface area contributed by atoms with E-state index in [1.54, 1.807) is 0 Å². The number of carboxylic acid groups (broad SMARTS) is 1. The van der Waals surface area contributed by atoms with E-state index in [9.17, 15) is 14.4 Å². The fourth-order valence-corrected chi connectivity index (χ4v) is 2.16. The van der Waals surface area contributed by atoms with Crippen molar-refractivity contribution in [3.63, 3.8) is 0 Å². The monoisotopic (exact) mass is 257 g/mol. The van der Waals surface area contributed by atoms with Gasteiger partial charge in [-0.25, -0.2) is 4.79 Å². The third-order valence-electron chi connectivity index (χ3n) is 3.29. The Morgan fingerprint density at radius 2 is 2.17 bits per heavy atom. The molecule has 0 saturated carbocycles. The average Bonchev–Trinajstić information content (AvgIpc) is 2.77. The molecule has 1 heterocycles. The SMILES string of the molecule is CCC1(C(=O)NC(CC(N)=O)C(=O)O)CCCN1. The van der Waals surface area contributed by atoms with E-state index in [0.29, 0.717) is 12.8 Å². The van der Waals surface area contributed by atoms with Crippen molar-refractivity contribution in [2.45, 2.75) is 44.2 Å². The Bertz CT molecular complexity index is 350. The lowest BCUT2D eigenvalue weighted by atomic mass is 9.92. The predicted octanol–water partition coefficient (Wildman–Crippen LogP) is -1.04. The van der Waals surface area contributed by atoms with E-state index in [0.717, 1.165) is 13.0 Å². The summed E-state index contributed by atoms with van der Waals surface area (Å²) in [5.74, 6) is -2.39. The molecule has 0 spiro atoms. The third kappa shape index (κ3) is 3.19. The summed E-state index contributed by atoms with van der Waals surface area (Å²) in [6.45, 7) is 2.59. The molecular formula is C11H19N3O4.